The fraction of sp³-hybridized carbons (Fsp3) is 0.400. The largest absolute Gasteiger partial charge is 0.322 e. The Morgan fingerprint density at radius 1 is 1.38 bits per heavy atom. The van der Waals surface area contributed by atoms with Crippen LogP contribution >= 0.6 is 11.6 Å². The summed E-state index contributed by atoms with van der Waals surface area (Å²) in [5.41, 5.74) is 6.29. The number of halogens is 2. The average Bonchev–Trinajstić information content (AvgIpc) is 1.95. The number of benzene rings is 1. The van der Waals surface area contributed by atoms with Gasteiger partial charge in [-0.05, 0) is 32.4 Å². The second-order valence-corrected chi connectivity index (χ2v) is 4.15. The van der Waals surface area contributed by atoms with Gasteiger partial charge in [-0.1, -0.05) is 17.7 Å². The maximum absolute atomic E-state index is 13.4. The number of aryl methyl sites for hydroxylation is 1. The molecule has 0 aliphatic carbocycles. The predicted molar refractivity (Wildman–Crippen MR) is 53.4 cm³/mol. The maximum atomic E-state index is 13.4. The zero-order valence-corrected chi connectivity index (χ0v) is 8.74. The van der Waals surface area contributed by atoms with E-state index in [1.54, 1.807) is 19.9 Å². The SMILES string of the molecule is Cc1ccc(F)c(C(C)(C)N)c1Cl. The summed E-state index contributed by atoms with van der Waals surface area (Å²) in [5, 5.41) is 0.424. The second-order valence-electron chi connectivity index (χ2n) is 3.77. The molecule has 0 heterocycles. The molecule has 2 N–H and O–H groups in total. The third-order valence-electron chi connectivity index (χ3n) is 1.93. The quantitative estimate of drug-likeness (QED) is 0.743. The van der Waals surface area contributed by atoms with E-state index in [-0.39, 0.29) is 5.82 Å². The number of rotatable bonds is 1. The first-order valence-corrected chi connectivity index (χ1v) is 4.46. The van der Waals surface area contributed by atoms with Crippen LogP contribution < -0.4 is 5.73 Å². The van der Waals surface area contributed by atoms with Crippen molar-refractivity contribution in [1.82, 2.24) is 0 Å². The van der Waals surface area contributed by atoms with Crippen LogP contribution in [0.2, 0.25) is 5.02 Å². The van der Waals surface area contributed by atoms with E-state index in [0.717, 1.165) is 5.56 Å². The summed E-state index contributed by atoms with van der Waals surface area (Å²) in [6.45, 7) is 5.30. The van der Waals surface area contributed by atoms with Crippen molar-refractivity contribution in [2.24, 2.45) is 5.73 Å². The standard InChI is InChI=1S/C10H13ClFN/c1-6-4-5-7(12)8(9(6)11)10(2,3)13/h4-5H,13H2,1-3H3. The van der Waals surface area contributed by atoms with E-state index in [0.29, 0.717) is 10.6 Å². The second kappa shape index (κ2) is 3.28. The van der Waals surface area contributed by atoms with Gasteiger partial charge in [-0.15, -0.1) is 0 Å². The number of hydrogen-bond donors (Lipinski definition) is 1. The molecule has 0 aliphatic heterocycles. The highest BCUT2D eigenvalue weighted by molar-refractivity contribution is 6.32. The van der Waals surface area contributed by atoms with Crippen LogP contribution in [0.25, 0.3) is 0 Å². The summed E-state index contributed by atoms with van der Waals surface area (Å²) in [6, 6.07) is 3.04. The van der Waals surface area contributed by atoms with Crippen LogP contribution in [0.1, 0.15) is 25.0 Å². The molecule has 0 unspecified atom stereocenters. The first-order valence-electron chi connectivity index (χ1n) is 4.08. The zero-order chi connectivity index (χ0) is 10.2. The molecule has 0 aliphatic rings. The van der Waals surface area contributed by atoms with Crippen molar-refractivity contribution in [2.75, 3.05) is 0 Å². The molecule has 0 aromatic heterocycles. The molecule has 0 saturated heterocycles. The molecule has 0 spiro atoms. The molecule has 3 heteroatoms. The highest BCUT2D eigenvalue weighted by Crippen LogP contribution is 2.30. The molecule has 0 fully saturated rings. The third-order valence-corrected chi connectivity index (χ3v) is 2.42. The molecule has 1 nitrogen and oxygen atoms in total. The Hall–Kier alpha value is -0.600. The van der Waals surface area contributed by atoms with Gasteiger partial charge in [0.1, 0.15) is 5.82 Å². The van der Waals surface area contributed by atoms with E-state index < -0.39 is 5.54 Å². The Bertz CT molecular complexity index is 328. The molecule has 1 aromatic rings. The lowest BCUT2D eigenvalue weighted by Gasteiger charge is -2.22. The lowest BCUT2D eigenvalue weighted by molar-refractivity contribution is 0.501. The maximum Gasteiger partial charge on any atom is 0.129 e. The van der Waals surface area contributed by atoms with Gasteiger partial charge >= 0.3 is 0 Å². The Labute approximate surface area is 82.7 Å². The van der Waals surface area contributed by atoms with Crippen LogP contribution in [0.3, 0.4) is 0 Å². The van der Waals surface area contributed by atoms with Crippen molar-refractivity contribution in [3.05, 3.63) is 34.1 Å². The van der Waals surface area contributed by atoms with Gasteiger partial charge in [-0.3, -0.25) is 0 Å². The zero-order valence-electron chi connectivity index (χ0n) is 7.99. The van der Waals surface area contributed by atoms with E-state index in [1.807, 2.05) is 6.92 Å². The van der Waals surface area contributed by atoms with E-state index in [1.165, 1.54) is 6.07 Å². The van der Waals surface area contributed by atoms with E-state index >= 15 is 0 Å². The summed E-state index contributed by atoms with van der Waals surface area (Å²) in [6.07, 6.45) is 0. The van der Waals surface area contributed by atoms with Crippen LogP contribution in [-0.2, 0) is 5.54 Å². The van der Waals surface area contributed by atoms with E-state index in [9.17, 15) is 4.39 Å². The molecular formula is C10H13ClFN. The van der Waals surface area contributed by atoms with Gasteiger partial charge in [0.15, 0.2) is 0 Å². The summed E-state index contributed by atoms with van der Waals surface area (Å²) in [5.74, 6) is -0.344. The third kappa shape index (κ3) is 2.01. The molecule has 72 valence electrons. The first kappa shape index (κ1) is 10.5. The van der Waals surface area contributed by atoms with Gasteiger partial charge < -0.3 is 5.73 Å². The van der Waals surface area contributed by atoms with E-state index in [4.69, 9.17) is 17.3 Å². The Balaban J connectivity index is 3.43. The van der Waals surface area contributed by atoms with Gasteiger partial charge in [0.05, 0.1) is 5.02 Å². The van der Waals surface area contributed by atoms with Crippen molar-refractivity contribution in [1.29, 1.82) is 0 Å². The summed E-state index contributed by atoms with van der Waals surface area (Å²) < 4.78 is 13.4. The molecule has 0 bridgehead atoms. The lowest BCUT2D eigenvalue weighted by Crippen LogP contribution is -2.30. The highest BCUT2D eigenvalue weighted by Gasteiger charge is 2.22. The summed E-state index contributed by atoms with van der Waals surface area (Å²) in [4.78, 5) is 0. The summed E-state index contributed by atoms with van der Waals surface area (Å²) in [7, 11) is 0. The topological polar surface area (TPSA) is 26.0 Å². The average molecular weight is 202 g/mol. The van der Waals surface area contributed by atoms with Crippen LogP contribution in [0.5, 0.6) is 0 Å². The van der Waals surface area contributed by atoms with Gasteiger partial charge in [0, 0.05) is 11.1 Å². The van der Waals surface area contributed by atoms with Crippen molar-refractivity contribution in [3.8, 4) is 0 Å². The van der Waals surface area contributed by atoms with Crippen LogP contribution in [0.4, 0.5) is 4.39 Å². The van der Waals surface area contributed by atoms with Crippen LogP contribution in [0, 0.1) is 12.7 Å². The predicted octanol–water partition coefficient (Wildman–Crippen LogP) is 2.98. The molecule has 0 atom stereocenters. The summed E-state index contributed by atoms with van der Waals surface area (Å²) >= 11 is 5.96. The molecule has 1 rings (SSSR count). The van der Waals surface area contributed by atoms with Crippen molar-refractivity contribution in [3.63, 3.8) is 0 Å². The van der Waals surface area contributed by atoms with Crippen molar-refractivity contribution in [2.45, 2.75) is 26.3 Å². The van der Waals surface area contributed by atoms with Gasteiger partial charge in [0.25, 0.3) is 0 Å². The lowest BCUT2D eigenvalue weighted by atomic mass is 9.93. The Morgan fingerprint density at radius 3 is 2.31 bits per heavy atom. The smallest absolute Gasteiger partial charge is 0.129 e. The molecular weight excluding hydrogens is 189 g/mol. The van der Waals surface area contributed by atoms with Gasteiger partial charge in [0.2, 0.25) is 0 Å². The fourth-order valence-corrected chi connectivity index (χ4v) is 1.64. The number of nitrogens with two attached hydrogens (primary N) is 1. The molecule has 0 amide bonds. The molecule has 0 saturated carbocycles. The number of hydrogen-bond acceptors (Lipinski definition) is 1. The minimum Gasteiger partial charge on any atom is -0.322 e. The van der Waals surface area contributed by atoms with Crippen molar-refractivity contribution < 1.29 is 4.39 Å². The fourth-order valence-electron chi connectivity index (χ4n) is 1.25. The van der Waals surface area contributed by atoms with Gasteiger partial charge in [-0.2, -0.15) is 0 Å². The highest BCUT2D eigenvalue weighted by atomic mass is 35.5. The minimum absolute atomic E-state index is 0.344. The molecule has 13 heavy (non-hydrogen) atoms. The minimum atomic E-state index is -0.743. The monoisotopic (exact) mass is 201 g/mol. The van der Waals surface area contributed by atoms with Crippen molar-refractivity contribution >= 4 is 11.6 Å². The molecule has 0 radical (unpaired) electrons. The van der Waals surface area contributed by atoms with Crippen LogP contribution in [0.15, 0.2) is 12.1 Å². The Kier molecular flexibility index (Phi) is 2.64. The molecule has 1 aromatic carbocycles. The first-order chi connectivity index (χ1) is 5.84. The van der Waals surface area contributed by atoms with Crippen LogP contribution in [-0.4, -0.2) is 0 Å². The Morgan fingerprint density at radius 2 is 1.92 bits per heavy atom. The van der Waals surface area contributed by atoms with E-state index in [2.05, 4.69) is 0 Å². The normalized spacial score (nSPS) is 11.8. The van der Waals surface area contributed by atoms with Gasteiger partial charge in [-0.25, -0.2) is 4.39 Å².